The summed E-state index contributed by atoms with van der Waals surface area (Å²) < 4.78 is 1.64. The highest BCUT2D eigenvalue weighted by Gasteiger charge is 2.18. The van der Waals surface area contributed by atoms with Gasteiger partial charge in [-0.3, -0.25) is 9.48 Å². The molecule has 0 aliphatic carbocycles. The van der Waals surface area contributed by atoms with Gasteiger partial charge in [-0.05, 0) is 12.5 Å². The number of nitrogens with zero attached hydrogens (tertiary/aromatic N) is 4. The number of aromatic nitrogens is 4. The van der Waals surface area contributed by atoms with E-state index in [2.05, 4.69) is 20.6 Å². The fourth-order valence-corrected chi connectivity index (χ4v) is 2.13. The fourth-order valence-electron chi connectivity index (χ4n) is 1.58. The number of hydrogen-bond acceptors (Lipinski definition) is 6. The number of anilines is 1. The minimum Gasteiger partial charge on any atom is -0.374 e. The highest BCUT2D eigenvalue weighted by Crippen LogP contribution is 2.12. The molecule has 0 fully saturated rings. The van der Waals surface area contributed by atoms with Crippen molar-refractivity contribution < 1.29 is 4.79 Å². The van der Waals surface area contributed by atoms with Crippen LogP contribution in [0.4, 0.5) is 5.13 Å². The van der Waals surface area contributed by atoms with Gasteiger partial charge in [0.25, 0.3) is 0 Å². The van der Waals surface area contributed by atoms with E-state index in [0.29, 0.717) is 23.1 Å². The summed E-state index contributed by atoms with van der Waals surface area (Å²) in [6.07, 6.45) is 4.10. The SMILES string of the molecule is CC[C@H](C(=O)NCc1nnc(N)s1)n1cccn1. The summed E-state index contributed by atoms with van der Waals surface area (Å²) in [6.45, 7) is 2.28. The van der Waals surface area contributed by atoms with Gasteiger partial charge >= 0.3 is 0 Å². The van der Waals surface area contributed by atoms with Crippen molar-refractivity contribution in [3.05, 3.63) is 23.5 Å². The van der Waals surface area contributed by atoms with E-state index < -0.39 is 0 Å². The molecule has 2 rings (SSSR count). The molecule has 7 nitrogen and oxygen atoms in total. The zero-order valence-electron chi connectivity index (χ0n) is 9.91. The summed E-state index contributed by atoms with van der Waals surface area (Å²) in [4.78, 5) is 12.0. The summed E-state index contributed by atoms with van der Waals surface area (Å²) >= 11 is 1.26. The van der Waals surface area contributed by atoms with E-state index >= 15 is 0 Å². The molecule has 0 saturated carbocycles. The summed E-state index contributed by atoms with van der Waals surface area (Å²) in [5.74, 6) is -0.0880. The van der Waals surface area contributed by atoms with Gasteiger partial charge < -0.3 is 11.1 Å². The molecule has 0 bridgehead atoms. The largest absolute Gasteiger partial charge is 0.374 e. The smallest absolute Gasteiger partial charge is 0.245 e. The third kappa shape index (κ3) is 2.83. The summed E-state index contributed by atoms with van der Waals surface area (Å²) in [5, 5.41) is 15.5. The van der Waals surface area contributed by atoms with Crippen LogP contribution in [0.25, 0.3) is 0 Å². The fraction of sp³-hybridized carbons (Fsp3) is 0.400. The van der Waals surface area contributed by atoms with Gasteiger partial charge in [0.2, 0.25) is 11.0 Å². The van der Waals surface area contributed by atoms with Gasteiger partial charge in [0.1, 0.15) is 11.0 Å². The Morgan fingerprint density at radius 3 is 3.00 bits per heavy atom. The number of nitrogens with one attached hydrogen (secondary N) is 1. The molecule has 2 heterocycles. The molecule has 0 unspecified atom stereocenters. The lowest BCUT2D eigenvalue weighted by Crippen LogP contribution is -2.32. The first kappa shape index (κ1) is 12.5. The Bertz CT molecular complexity index is 508. The molecule has 2 aromatic heterocycles. The maximum atomic E-state index is 12.0. The number of nitrogens with two attached hydrogens (primary N) is 1. The number of rotatable bonds is 5. The predicted octanol–water partition coefficient (Wildman–Crippen LogP) is 0.584. The van der Waals surface area contributed by atoms with E-state index in [0.717, 1.165) is 0 Å². The highest BCUT2D eigenvalue weighted by atomic mass is 32.1. The standard InChI is InChI=1S/C10H14N6OS/c1-2-7(16-5-3-4-13-16)9(17)12-6-8-14-15-10(11)18-8/h3-5,7H,2,6H2,1H3,(H2,11,15)(H,12,17)/t7-/m1/s1. The summed E-state index contributed by atoms with van der Waals surface area (Å²) in [7, 11) is 0. The molecule has 1 atom stereocenters. The van der Waals surface area contributed by atoms with Crippen LogP contribution in [0.3, 0.4) is 0 Å². The average Bonchev–Trinajstić information content (AvgIpc) is 2.99. The van der Waals surface area contributed by atoms with E-state index in [4.69, 9.17) is 5.73 Å². The van der Waals surface area contributed by atoms with Gasteiger partial charge in [0.15, 0.2) is 0 Å². The third-order valence-electron chi connectivity index (χ3n) is 2.43. The zero-order valence-corrected chi connectivity index (χ0v) is 10.7. The van der Waals surface area contributed by atoms with Crippen LogP contribution >= 0.6 is 11.3 Å². The Morgan fingerprint density at radius 2 is 2.44 bits per heavy atom. The van der Waals surface area contributed by atoms with E-state index in [1.54, 1.807) is 23.1 Å². The number of carbonyl (C=O) groups is 1. The minimum absolute atomic E-state index is 0.0880. The molecule has 8 heteroatoms. The summed E-state index contributed by atoms with van der Waals surface area (Å²) in [5.41, 5.74) is 5.47. The van der Waals surface area contributed by atoms with Gasteiger partial charge in [0.05, 0.1) is 6.54 Å². The van der Waals surface area contributed by atoms with Crippen molar-refractivity contribution >= 4 is 22.4 Å². The molecule has 2 aromatic rings. The Labute approximate surface area is 108 Å². The molecule has 0 saturated heterocycles. The van der Waals surface area contributed by atoms with Crippen LogP contribution in [0.15, 0.2) is 18.5 Å². The maximum Gasteiger partial charge on any atom is 0.245 e. The Hall–Kier alpha value is -1.96. The van der Waals surface area contributed by atoms with Crippen molar-refractivity contribution in [1.82, 2.24) is 25.3 Å². The Balaban J connectivity index is 1.94. The third-order valence-corrected chi connectivity index (χ3v) is 3.18. The molecular weight excluding hydrogens is 252 g/mol. The van der Waals surface area contributed by atoms with Crippen molar-refractivity contribution in [2.75, 3.05) is 5.73 Å². The molecular formula is C10H14N6OS. The number of hydrogen-bond donors (Lipinski definition) is 2. The second-order valence-corrected chi connectivity index (χ2v) is 4.76. The predicted molar refractivity (Wildman–Crippen MR) is 67.7 cm³/mol. The van der Waals surface area contributed by atoms with Gasteiger partial charge in [-0.25, -0.2) is 0 Å². The Kier molecular flexibility index (Phi) is 3.88. The number of carbonyl (C=O) groups excluding carboxylic acids is 1. The quantitative estimate of drug-likeness (QED) is 0.825. The van der Waals surface area contributed by atoms with Gasteiger partial charge in [0, 0.05) is 12.4 Å². The van der Waals surface area contributed by atoms with Crippen LogP contribution in [0, 0.1) is 0 Å². The highest BCUT2D eigenvalue weighted by molar-refractivity contribution is 7.15. The van der Waals surface area contributed by atoms with Gasteiger partial charge in [-0.15, -0.1) is 10.2 Å². The lowest BCUT2D eigenvalue weighted by Gasteiger charge is -2.14. The van der Waals surface area contributed by atoms with E-state index in [1.165, 1.54) is 11.3 Å². The second kappa shape index (κ2) is 5.58. The molecule has 96 valence electrons. The van der Waals surface area contributed by atoms with Crippen molar-refractivity contribution in [2.24, 2.45) is 0 Å². The lowest BCUT2D eigenvalue weighted by molar-refractivity contribution is -0.124. The van der Waals surface area contributed by atoms with Crippen molar-refractivity contribution in [3.63, 3.8) is 0 Å². The molecule has 0 spiro atoms. The molecule has 0 aliphatic rings. The maximum absolute atomic E-state index is 12.0. The molecule has 1 amide bonds. The van der Waals surface area contributed by atoms with Crippen molar-refractivity contribution in [2.45, 2.75) is 25.9 Å². The summed E-state index contributed by atoms with van der Waals surface area (Å²) in [6, 6.07) is 1.49. The van der Waals surface area contributed by atoms with Crippen molar-refractivity contribution in [3.8, 4) is 0 Å². The molecule has 0 aliphatic heterocycles. The number of amides is 1. The van der Waals surface area contributed by atoms with Crippen LogP contribution in [0.5, 0.6) is 0 Å². The van der Waals surface area contributed by atoms with E-state index in [1.807, 2.05) is 6.92 Å². The van der Waals surface area contributed by atoms with Gasteiger partial charge in [-0.2, -0.15) is 5.10 Å². The minimum atomic E-state index is -0.301. The first-order valence-corrected chi connectivity index (χ1v) is 6.37. The monoisotopic (exact) mass is 266 g/mol. The van der Waals surface area contributed by atoms with Gasteiger partial charge in [-0.1, -0.05) is 18.3 Å². The van der Waals surface area contributed by atoms with Crippen LogP contribution in [-0.2, 0) is 11.3 Å². The molecule has 18 heavy (non-hydrogen) atoms. The van der Waals surface area contributed by atoms with E-state index in [9.17, 15) is 4.79 Å². The van der Waals surface area contributed by atoms with Crippen LogP contribution in [0.2, 0.25) is 0 Å². The van der Waals surface area contributed by atoms with E-state index in [-0.39, 0.29) is 11.9 Å². The first-order valence-electron chi connectivity index (χ1n) is 5.55. The average molecular weight is 266 g/mol. The van der Waals surface area contributed by atoms with Crippen molar-refractivity contribution in [1.29, 1.82) is 0 Å². The molecule has 0 aromatic carbocycles. The van der Waals surface area contributed by atoms with Crippen LogP contribution in [0.1, 0.15) is 24.4 Å². The lowest BCUT2D eigenvalue weighted by atomic mass is 10.2. The topological polar surface area (TPSA) is 98.7 Å². The zero-order chi connectivity index (χ0) is 13.0. The first-order chi connectivity index (χ1) is 8.70. The number of nitrogen functional groups attached to an aromatic ring is 1. The molecule has 3 N–H and O–H groups in total. The Morgan fingerprint density at radius 1 is 1.61 bits per heavy atom. The normalized spacial score (nSPS) is 12.3. The molecule has 0 radical (unpaired) electrons. The van der Waals surface area contributed by atoms with Crippen LogP contribution in [-0.4, -0.2) is 25.9 Å². The second-order valence-electron chi connectivity index (χ2n) is 3.66. The van der Waals surface area contributed by atoms with Crippen LogP contribution < -0.4 is 11.1 Å².